The van der Waals surface area contributed by atoms with Crippen molar-refractivity contribution in [3.8, 4) is 0 Å². The molecule has 0 atom stereocenters. The van der Waals surface area contributed by atoms with Crippen LogP contribution >= 0.6 is 0 Å². The summed E-state index contributed by atoms with van der Waals surface area (Å²) in [7, 11) is 0. The van der Waals surface area contributed by atoms with E-state index in [1.807, 2.05) is 0 Å². The third-order valence-electron chi connectivity index (χ3n) is 5.33. The summed E-state index contributed by atoms with van der Waals surface area (Å²) in [5.41, 5.74) is 9.65. The van der Waals surface area contributed by atoms with Crippen molar-refractivity contribution in [1.82, 2.24) is 0 Å². The van der Waals surface area contributed by atoms with Crippen molar-refractivity contribution >= 4 is 23.1 Å². The van der Waals surface area contributed by atoms with Crippen molar-refractivity contribution in [2.45, 2.75) is 47.0 Å². The maximum absolute atomic E-state index is 2.44. The zero-order valence-corrected chi connectivity index (χ0v) is 16.5. The molecule has 0 saturated carbocycles. The van der Waals surface area contributed by atoms with Gasteiger partial charge in [0.2, 0.25) is 6.71 Å². The first-order valence-corrected chi connectivity index (χ1v) is 9.81. The van der Waals surface area contributed by atoms with Crippen LogP contribution in [0.1, 0.15) is 42.0 Å². The van der Waals surface area contributed by atoms with E-state index in [1.54, 1.807) is 0 Å². The summed E-state index contributed by atoms with van der Waals surface area (Å²) >= 11 is 0. The number of unbranched alkanes of at least 4 members (excludes halogenated alkanes) is 1. The predicted molar refractivity (Wildman–Crippen MR) is 117 cm³/mol. The Morgan fingerprint density at radius 1 is 0.654 bits per heavy atom. The number of hydrogen-bond acceptors (Lipinski definition) is 0. The summed E-state index contributed by atoms with van der Waals surface area (Å²) < 4.78 is 0. The zero-order valence-electron chi connectivity index (χ0n) is 16.5. The van der Waals surface area contributed by atoms with Gasteiger partial charge in [0.25, 0.3) is 0 Å². The highest BCUT2D eigenvalue weighted by molar-refractivity contribution is 6.95. The molecule has 132 valence electrons. The number of benzene rings is 3. The minimum atomic E-state index is 0.289. The first-order valence-electron chi connectivity index (χ1n) is 9.81. The van der Waals surface area contributed by atoms with Crippen LogP contribution in [0.3, 0.4) is 0 Å². The Labute approximate surface area is 159 Å². The molecule has 0 aliphatic rings. The van der Waals surface area contributed by atoms with Crippen LogP contribution < -0.4 is 16.4 Å². The Morgan fingerprint density at radius 3 is 1.65 bits per heavy atom. The van der Waals surface area contributed by atoms with Gasteiger partial charge in [0, 0.05) is 0 Å². The fraction of sp³-hybridized carbons (Fsp3) is 0.280. The average Bonchev–Trinajstić information content (AvgIpc) is 2.65. The van der Waals surface area contributed by atoms with E-state index in [0.717, 1.165) is 0 Å². The van der Waals surface area contributed by atoms with Gasteiger partial charge in [-0.2, -0.15) is 0 Å². The second-order valence-corrected chi connectivity index (χ2v) is 7.54. The highest BCUT2D eigenvalue weighted by Gasteiger charge is 2.22. The quantitative estimate of drug-likeness (QED) is 0.581. The topological polar surface area (TPSA) is 0 Å². The monoisotopic (exact) mass is 340 g/mol. The molecule has 0 aromatic heterocycles. The maximum atomic E-state index is 2.44. The van der Waals surface area contributed by atoms with E-state index >= 15 is 0 Å². The van der Waals surface area contributed by atoms with Gasteiger partial charge in [-0.3, -0.25) is 0 Å². The number of aryl methyl sites for hydroxylation is 4. The largest absolute Gasteiger partial charge is 0.241 e. The van der Waals surface area contributed by atoms with Gasteiger partial charge in [-0.15, -0.1) is 0 Å². The summed E-state index contributed by atoms with van der Waals surface area (Å²) in [4.78, 5) is 0. The Hall–Kier alpha value is -2.28. The molecular formula is C25H29B. The molecule has 1 heteroatoms. The molecule has 0 spiro atoms. The van der Waals surface area contributed by atoms with Crippen molar-refractivity contribution in [2.75, 3.05) is 0 Å². The molecule has 0 bridgehead atoms. The van der Waals surface area contributed by atoms with E-state index in [9.17, 15) is 0 Å². The Bertz CT molecular complexity index is 799. The van der Waals surface area contributed by atoms with E-state index in [1.165, 1.54) is 57.9 Å². The Morgan fingerprint density at radius 2 is 1.15 bits per heavy atom. The smallest absolute Gasteiger partial charge is 0.0687 e. The Kier molecular flexibility index (Phi) is 5.98. The lowest BCUT2D eigenvalue weighted by molar-refractivity contribution is 0.792. The highest BCUT2D eigenvalue weighted by atomic mass is 14.1. The molecule has 0 fully saturated rings. The molecule has 0 saturated heterocycles. The van der Waals surface area contributed by atoms with E-state index in [0.29, 0.717) is 0 Å². The molecule has 0 amide bonds. The summed E-state index contributed by atoms with van der Waals surface area (Å²) in [5.74, 6) is 0. The Balaban J connectivity index is 2.08. The molecule has 3 rings (SSSR count). The second-order valence-electron chi connectivity index (χ2n) is 7.54. The first-order chi connectivity index (χ1) is 12.6. The van der Waals surface area contributed by atoms with Crippen LogP contribution in [0.25, 0.3) is 0 Å². The molecule has 0 aliphatic carbocycles. The minimum absolute atomic E-state index is 0.289. The molecule has 0 unspecified atom stereocenters. The van der Waals surface area contributed by atoms with Crippen LogP contribution in [0, 0.1) is 20.8 Å². The minimum Gasteiger partial charge on any atom is -0.0687 e. The van der Waals surface area contributed by atoms with Crippen LogP contribution in [0.4, 0.5) is 0 Å². The van der Waals surface area contributed by atoms with Crippen molar-refractivity contribution in [1.29, 1.82) is 0 Å². The van der Waals surface area contributed by atoms with Gasteiger partial charge in [0.05, 0.1) is 0 Å². The third kappa shape index (κ3) is 4.27. The van der Waals surface area contributed by atoms with E-state index in [2.05, 4.69) is 94.4 Å². The van der Waals surface area contributed by atoms with E-state index in [-0.39, 0.29) is 6.71 Å². The SMILES string of the molecule is CCCCc1cc(B(c2ccc(C)cc2)c2ccc(C)cc2)ccc1C. The lowest BCUT2D eigenvalue weighted by Crippen LogP contribution is -2.52. The molecule has 0 N–H and O–H groups in total. The second kappa shape index (κ2) is 8.40. The number of rotatable bonds is 6. The normalized spacial score (nSPS) is 10.8. The van der Waals surface area contributed by atoms with Crippen molar-refractivity contribution in [2.24, 2.45) is 0 Å². The standard InChI is InChI=1S/C25H29B/c1-5-6-7-22-18-25(17-12-21(22)4)26(23-13-8-19(2)9-14-23)24-15-10-20(3)11-16-24/h8-18H,5-7H2,1-4H3. The highest BCUT2D eigenvalue weighted by Crippen LogP contribution is 2.11. The van der Waals surface area contributed by atoms with Crippen LogP contribution in [0.5, 0.6) is 0 Å². The van der Waals surface area contributed by atoms with E-state index in [4.69, 9.17) is 0 Å². The molecule has 0 heterocycles. The van der Waals surface area contributed by atoms with Crippen molar-refractivity contribution in [3.05, 3.63) is 89.0 Å². The fourth-order valence-corrected chi connectivity index (χ4v) is 3.60. The number of hydrogen-bond donors (Lipinski definition) is 0. The van der Waals surface area contributed by atoms with Gasteiger partial charge in [-0.25, -0.2) is 0 Å². The van der Waals surface area contributed by atoms with Gasteiger partial charge in [-0.05, 0) is 44.7 Å². The molecule has 3 aromatic carbocycles. The van der Waals surface area contributed by atoms with Gasteiger partial charge < -0.3 is 0 Å². The third-order valence-corrected chi connectivity index (χ3v) is 5.33. The summed E-state index contributed by atoms with van der Waals surface area (Å²) in [6.07, 6.45) is 3.66. The average molecular weight is 340 g/mol. The fourth-order valence-electron chi connectivity index (χ4n) is 3.60. The summed E-state index contributed by atoms with van der Waals surface area (Å²) in [6, 6.07) is 25.1. The van der Waals surface area contributed by atoms with E-state index < -0.39 is 0 Å². The summed E-state index contributed by atoms with van der Waals surface area (Å²) in [5, 5.41) is 0. The van der Waals surface area contributed by atoms with Crippen LogP contribution in [0.15, 0.2) is 66.7 Å². The van der Waals surface area contributed by atoms with Crippen LogP contribution in [-0.2, 0) is 6.42 Å². The van der Waals surface area contributed by atoms with Gasteiger partial charge in [0.15, 0.2) is 0 Å². The van der Waals surface area contributed by atoms with Gasteiger partial charge >= 0.3 is 0 Å². The molecule has 0 nitrogen and oxygen atoms in total. The molecule has 0 radical (unpaired) electrons. The first kappa shape index (κ1) is 18.5. The zero-order chi connectivity index (χ0) is 18.5. The lowest BCUT2D eigenvalue weighted by Gasteiger charge is -2.18. The van der Waals surface area contributed by atoms with Crippen LogP contribution in [0.2, 0.25) is 0 Å². The summed E-state index contributed by atoms with van der Waals surface area (Å²) in [6.45, 7) is 9.10. The maximum Gasteiger partial charge on any atom is 0.241 e. The molecule has 3 aromatic rings. The van der Waals surface area contributed by atoms with Crippen molar-refractivity contribution in [3.63, 3.8) is 0 Å². The molecular weight excluding hydrogens is 311 g/mol. The molecule has 26 heavy (non-hydrogen) atoms. The van der Waals surface area contributed by atoms with Crippen molar-refractivity contribution < 1.29 is 0 Å². The predicted octanol–water partition coefficient (Wildman–Crippen LogP) is 4.47. The lowest BCUT2D eigenvalue weighted by atomic mass is 9.36. The van der Waals surface area contributed by atoms with Gasteiger partial charge in [-0.1, -0.05) is 108 Å². The van der Waals surface area contributed by atoms with Gasteiger partial charge in [0.1, 0.15) is 0 Å². The molecule has 0 aliphatic heterocycles. The van der Waals surface area contributed by atoms with Crippen LogP contribution in [-0.4, -0.2) is 6.71 Å².